The SMILES string of the molecule is CCNc1ccc(C(=O)N2CCN(C(C)CC)CC2)cn1. The van der Waals surface area contributed by atoms with E-state index < -0.39 is 0 Å². The molecule has 1 unspecified atom stereocenters. The van der Waals surface area contributed by atoms with Gasteiger partial charge in [0.05, 0.1) is 5.56 Å². The Labute approximate surface area is 127 Å². The van der Waals surface area contributed by atoms with Crippen molar-refractivity contribution in [3.8, 4) is 0 Å². The van der Waals surface area contributed by atoms with Crippen LogP contribution in [0.5, 0.6) is 0 Å². The molecule has 0 saturated carbocycles. The summed E-state index contributed by atoms with van der Waals surface area (Å²) >= 11 is 0. The number of nitrogens with zero attached hydrogens (tertiary/aromatic N) is 3. The second-order valence-corrected chi connectivity index (χ2v) is 5.55. The Morgan fingerprint density at radius 1 is 1.29 bits per heavy atom. The lowest BCUT2D eigenvalue weighted by molar-refractivity contribution is 0.0579. The summed E-state index contributed by atoms with van der Waals surface area (Å²) < 4.78 is 0. The van der Waals surface area contributed by atoms with E-state index in [4.69, 9.17) is 0 Å². The highest BCUT2D eigenvalue weighted by molar-refractivity contribution is 5.94. The van der Waals surface area contributed by atoms with E-state index in [1.54, 1.807) is 6.20 Å². The lowest BCUT2D eigenvalue weighted by Crippen LogP contribution is -2.51. The van der Waals surface area contributed by atoms with E-state index in [0.717, 1.165) is 45.0 Å². The molecule has 0 radical (unpaired) electrons. The van der Waals surface area contributed by atoms with E-state index in [1.807, 2.05) is 24.0 Å². The van der Waals surface area contributed by atoms with Gasteiger partial charge in [-0.3, -0.25) is 9.69 Å². The Morgan fingerprint density at radius 2 is 2.00 bits per heavy atom. The lowest BCUT2D eigenvalue weighted by atomic mass is 10.1. The van der Waals surface area contributed by atoms with Gasteiger partial charge in [0.1, 0.15) is 5.82 Å². The van der Waals surface area contributed by atoms with Crippen LogP contribution in [0.3, 0.4) is 0 Å². The quantitative estimate of drug-likeness (QED) is 0.902. The standard InChI is InChI=1S/C16H26N4O/c1-4-13(3)19-8-10-20(11-9-19)16(21)14-6-7-15(17-5-2)18-12-14/h6-7,12-13H,4-5,8-11H2,1-3H3,(H,17,18). The molecule has 1 aromatic rings. The molecule has 5 heteroatoms. The third-order valence-electron chi connectivity index (χ3n) is 4.18. The average Bonchev–Trinajstić information content (AvgIpc) is 2.54. The molecule has 1 amide bonds. The molecule has 116 valence electrons. The zero-order valence-corrected chi connectivity index (χ0v) is 13.3. The van der Waals surface area contributed by atoms with Gasteiger partial charge in [-0.2, -0.15) is 0 Å². The second-order valence-electron chi connectivity index (χ2n) is 5.55. The van der Waals surface area contributed by atoms with Crippen LogP contribution < -0.4 is 5.32 Å². The van der Waals surface area contributed by atoms with Crippen molar-refractivity contribution in [2.45, 2.75) is 33.2 Å². The highest BCUT2D eigenvalue weighted by Gasteiger charge is 2.24. The van der Waals surface area contributed by atoms with Crippen molar-refractivity contribution in [1.29, 1.82) is 0 Å². The summed E-state index contributed by atoms with van der Waals surface area (Å²) in [5.41, 5.74) is 0.675. The van der Waals surface area contributed by atoms with Crippen LogP contribution in [0.25, 0.3) is 0 Å². The molecule has 1 saturated heterocycles. The Morgan fingerprint density at radius 3 is 2.52 bits per heavy atom. The number of hydrogen-bond acceptors (Lipinski definition) is 4. The molecule has 1 atom stereocenters. The van der Waals surface area contributed by atoms with Crippen LogP contribution in [-0.4, -0.2) is 59.5 Å². The molecule has 0 spiro atoms. The number of carbonyl (C=O) groups is 1. The van der Waals surface area contributed by atoms with Crippen molar-refractivity contribution in [3.05, 3.63) is 23.9 Å². The Kier molecular flexibility index (Phi) is 5.56. The zero-order chi connectivity index (χ0) is 15.2. The van der Waals surface area contributed by atoms with Gasteiger partial charge in [0.15, 0.2) is 0 Å². The summed E-state index contributed by atoms with van der Waals surface area (Å²) in [7, 11) is 0. The number of aromatic nitrogens is 1. The first-order valence-electron chi connectivity index (χ1n) is 7.89. The lowest BCUT2D eigenvalue weighted by Gasteiger charge is -2.37. The Bertz CT molecular complexity index is 452. The molecular formula is C16H26N4O. The summed E-state index contributed by atoms with van der Waals surface area (Å²) in [6.07, 6.45) is 2.82. The molecule has 0 bridgehead atoms. The molecule has 0 aliphatic carbocycles. The van der Waals surface area contributed by atoms with Crippen LogP contribution in [0, 0.1) is 0 Å². The van der Waals surface area contributed by atoms with Crippen molar-refractivity contribution >= 4 is 11.7 Å². The summed E-state index contributed by atoms with van der Waals surface area (Å²) in [6, 6.07) is 4.32. The monoisotopic (exact) mass is 290 g/mol. The number of carbonyl (C=O) groups excluding carboxylic acids is 1. The first-order chi connectivity index (χ1) is 10.2. The summed E-state index contributed by atoms with van der Waals surface area (Å²) in [4.78, 5) is 21.1. The van der Waals surface area contributed by atoms with E-state index in [2.05, 4.69) is 29.0 Å². The predicted octanol–water partition coefficient (Wildman–Crippen LogP) is 2.07. The van der Waals surface area contributed by atoms with Gasteiger partial charge < -0.3 is 10.2 Å². The number of amides is 1. The second kappa shape index (κ2) is 7.41. The van der Waals surface area contributed by atoms with Crippen molar-refractivity contribution in [3.63, 3.8) is 0 Å². The van der Waals surface area contributed by atoms with Crippen LogP contribution in [0.2, 0.25) is 0 Å². The highest BCUT2D eigenvalue weighted by atomic mass is 16.2. The molecule has 1 aliphatic rings. The van der Waals surface area contributed by atoms with Crippen LogP contribution in [0.15, 0.2) is 18.3 Å². The van der Waals surface area contributed by atoms with Gasteiger partial charge in [0.25, 0.3) is 5.91 Å². The minimum atomic E-state index is 0.0920. The van der Waals surface area contributed by atoms with Gasteiger partial charge in [-0.15, -0.1) is 0 Å². The average molecular weight is 290 g/mol. The third kappa shape index (κ3) is 3.94. The largest absolute Gasteiger partial charge is 0.370 e. The third-order valence-corrected chi connectivity index (χ3v) is 4.18. The van der Waals surface area contributed by atoms with Gasteiger partial charge in [0.2, 0.25) is 0 Å². The number of anilines is 1. The summed E-state index contributed by atoms with van der Waals surface area (Å²) in [5.74, 6) is 0.907. The van der Waals surface area contributed by atoms with E-state index in [-0.39, 0.29) is 5.91 Å². The minimum Gasteiger partial charge on any atom is -0.370 e. The number of rotatable bonds is 5. The van der Waals surface area contributed by atoms with Crippen molar-refractivity contribution in [2.75, 3.05) is 38.0 Å². The summed E-state index contributed by atoms with van der Waals surface area (Å²) in [6.45, 7) is 10.8. The normalized spacial score (nSPS) is 17.6. The van der Waals surface area contributed by atoms with Crippen molar-refractivity contribution < 1.29 is 4.79 Å². The van der Waals surface area contributed by atoms with Gasteiger partial charge in [-0.1, -0.05) is 6.92 Å². The maximum atomic E-state index is 12.5. The smallest absolute Gasteiger partial charge is 0.255 e. The van der Waals surface area contributed by atoms with Crippen molar-refractivity contribution in [1.82, 2.24) is 14.8 Å². The first kappa shape index (κ1) is 15.8. The topological polar surface area (TPSA) is 48.5 Å². The highest BCUT2D eigenvalue weighted by Crippen LogP contribution is 2.13. The van der Waals surface area contributed by atoms with Gasteiger partial charge >= 0.3 is 0 Å². The fourth-order valence-electron chi connectivity index (χ4n) is 2.61. The van der Waals surface area contributed by atoms with Crippen molar-refractivity contribution in [2.24, 2.45) is 0 Å². The van der Waals surface area contributed by atoms with E-state index in [0.29, 0.717) is 11.6 Å². The number of nitrogens with one attached hydrogen (secondary N) is 1. The molecule has 2 rings (SSSR count). The maximum Gasteiger partial charge on any atom is 0.255 e. The van der Waals surface area contributed by atoms with Gasteiger partial charge in [-0.25, -0.2) is 4.98 Å². The molecule has 1 aromatic heterocycles. The van der Waals surface area contributed by atoms with Crippen LogP contribution >= 0.6 is 0 Å². The van der Waals surface area contributed by atoms with Crippen LogP contribution in [0.4, 0.5) is 5.82 Å². The maximum absolute atomic E-state index is 12.5. The van der Waals surface area contributed by atoms with Gasteiger partial charge in [0, 0.05) is 45.0 Å². The fraction of sp³-hybridized carbons (Fsp3) is 0.625. The zero-order valence-electron chi connectivity index (χ0n) is 13.3. The first-order valence-corrected chi connectivity index (χ1v) is 7.89. The Hall–Kier alpha value is -1.62. The van der Waals surface area contributed by atoms with E-state index >= 15 is 0 Å². The molecule has 1 fully saturated rings. The van der Waals surface area contributed by atoms with Crippen LogP contribution in [0.1, 0.15) is 37.6 Å². The molecule has 21 heavy (non-hydrogen) atoms. The summed E-state index contributed by atoms with van der Waals surface area (Å²) in [5, 5.41) is 3.14. The van der Waals surface area contributed by atoms with Crippen LogP contribution in [-0.2, 0) is 0 Å². The fourth-order valence-corrected chi connectivity index (χ4v) is 2.61. The predicted molar refractivity (Wildman–Crippen MR) is 85.6 cm³/mol. The number of piperazine rings is 1. The molecule has 0 aromatic carbocycles. The van der Waals surface area contributed by atoms with E-state index in [9.17, 15) is 4.79 Å². The number of hydrogen-bond donors (Lipinski definition) is 1. The number of pyridine rings is 1. The van der Waals surface area contributed by atoms with Gasteiger partial charge in [-0.05, 0) is 32.4 Å². The molecule has 1 aliphatic heterocycles. The minimum absolute atomic E-state index is 0.0920. The molecule has 5 nitrogen and oxygen atoms in total. The van der Waals surface area contributed by atoms with E-state index in [1.165, 1.54) is 0 Å². The Balaban J connectivity index is 1.92. The molecular weight excluding hydrogens is 264 g/mol. The molecule has 1 N–H and O–H groups in total. The molecule has 2 heterocycles.